The van der Waals surface area contributed by atoms with Gasteiger partial charge in [-0.15, -0.1) is 0 Å². The summed E-state index contributed by atoms with van der Waals surface area (Å²) in [5.41, 5.74) is 0.285. The molecule has 0 aromatic heterocycles. The molecule has 1 atom stereocenters. The molecule has 4 heteroatoms. The Morgan fingerprint density at radius 2 is 1.91 bits per heavy atom. The van der Waals surface area contributed by atoms with Gasteiger partial charge in [0, 0.05) is 10.0 Å². The van der Waals surface area contributed by atoms with Gasteiger partial charge in [-0.05, 0) is 74.8 Å². The van der Waals surface area contributed by atoms with Gasteiger partial charge in [0.25, 0.3) is 0 Å². The molecule has 2 aliphatic rings. The number of piperidine rings is 1. The molecule has 0 radical (unpaired) electrons. The monoisotopic (exact) mass is 369 g/mol. The van der Waals surface area contributed by atoms with E-state index in [1.807, 2.05) is 0 Å². The summed E-state index contributed by atoms with van der Waals surface area (Å²) < 4.78 is 15.2. The molecule has 1 aliphatic heterocycles. The quantitative estimate of drug-likeness (QED) is 0.805. The molecule has 1 saturated heterocycles. The van der Waals surface area contributed by atoms with Crippen LogP contribution in [-0.2, 0) is 12.0 Å². The lowest BCUT2D eigenvalue weighted by Gasteiger charge is -2.53. The number of benzene rings is 1. The molecule has 0 saturated carbocycles. The van der Waals surface area contributed by atoms with Crippen LogP contribution in [0.15, 0.2) is 16.6 Å². The number of hydrogen-bond acceptors (Lipinski definition) is 2. The molecule has 122 valence electrons. The van der Waals surface area contributed by atoms with Crippen LogP contribution in [0.5, 0.6) is 0 Å². The topological polar surface area (TPSA) is 23.5 Å². The zero-order chi connectivity index (χ0) is 16.1. The van der Waals surface area contributed by atoms with Crippen molar-refractivity contribution in [2.75, 3.05) is 20.1 Å². The van der Waals surface area contributed by atoms with Gasteiger partial charge in [-0.3, -0.25) is 0 Å². The summed E-state index contributed by atoms with van der Waals surface area (Å²) >= 11 is 3.58. The average Bonchev–Trinajstić information content (AvgIpc) is 2.47. The molecule has 2 nitrogen and oxygen atoms in total. The second kappa shape index (κ2) is 5.57. The molecule has 1 unspecified atom stereocenters. The van der Waals surface area contributed by atoms with Crippen molar-refractivity contribution in [3.63, 3.8) is 0 Å². The molecule has 0 spiro atoms. The summed E-state index contributed by atoms with van der Waals surface area (Å²) in [6.45, 7) is 6.24. The minimum atomic E-state index is -0.969. The van der Waals surface area contributed by atoms with Gasteiger partial charge in [-0.1, -0.05) is 29.8 Å². The van der Waals surface area contributed by atoms with E-state index < -0.39 is 5.60 Å². The fourth-order valence-electron chi connectivity index (χ4n) is 4.40. The Morgan fingerprint density at radius 3 is 2.55 bits per heavy atom. The molecule has 1 aromatic carbocycles. The predicted octanol–water partition coefficient (Wildman–Crippen LogP) is 4.09. The van der Waals surface area contributed by atoms with E-state index in [1.54, 1.807) is 6.07 Å². The Bertz CT molecular complexity index is 581. The zero-order valence-corrected chi connectivity index (χ0v) is 15.2. The van der Waals surface area contributed by atoms with Crippen LogP contribution in [-0.4, -0.2) is 30.1 Å². The Hall–Kier alpha value is -0.450. The van der Waals surface area contributed by atoms with Gasteiger partial charge >= 0.3 is 0 Å². The highest BCUT2D eigenvalue weighted by molar-refractivity contribution is 9.10. The third-order valence-corrected chi connectivity index (χ3v) is 6.59. The summed E-state index contributed by atoms with van der Waals surface area (Å²) in [6, 6.07) is 3.26. The summed E-state index contributed by atoms with van der Waals surface area (Å²) in [7, 11) is 2.12. The van der Waals surface area contributed by atoms with E-state index in [9.17, 15) is 9.50 Å². The number of aliphatic hydroxyl groups is 1. The number of halogens is 2. The lowest BCUT2D eigenvalue weighted by Crippen LogP contribution is -2.54. The third kappa shape index (κ3) is 2.35. The average molecular weight is 370 g/mol. The van der Waals surface area contributed by atoms with Gasteiger partial charge in [0.15, 0.2) is 0 Å². The van der Waals surface area contributed by atoms with E-state index in [0.29, 0.717) is 12.0 Å². The highest BCUT2D eigenvalue weighted by Gasteiger charge is 2.54. The van der Waals surface area contributed by atoms with Crippen LogP contribution in [0.2, 0.25) is 0 Å². The van der Waals surface area contributed by atoms with Gasteiger partial charge < -0.3 is 10.0 Å². The largest absolute Gasteiger partial charge is 0.384 e. The number of likely N-dealkylation sites (tertiary alicyclic amines) is 1. The number of nitrogens with zero attached hydrogens (tertiary/aromatic N) is 1. The van der Waals surface area contributed by atoms with Crippen LogP contribution >= 0.6 is 15.9 Å². The first-order chi connectivity index (χ1) is 10.3. The second-order valence-electron chi connectivity index (χ2n) is 7.61. The van der Waals surface area contributed by atoms with Crippen molar-refractivity contribution in [1.82, 2.24) is 4.90 Å². The number of rotatable bonds is 1. The Morgan fingerprint density at radius 1 is 1.27 bits per heavy atom. The van der Waals surface area contributed by atoms with Gasteiger partial charge in [0.1, 0.15) is 5.82 Å². The molecule has 1 fully saturated rings. The number of fused-ring (bicyclic) bond motifs is 1. The molecule has 1 heterocycles. The predicted molar refractivity (Wildman–Crippen MR) is 90.3 cm³/mol. The van der Waals surface area contributed by atoms with E-state index in [1.165, 1.54) is 6.07 Å². The Labute approximate surface area is 140 Å². The summed E-state index contributed by atoms with van der Waals surface area (Å²) in [6.07, 6.45) is 3.43. The van der Waals surface area contributed by atoms with E-state index in [2.05, 4.69) is 41.7 Å². The highest BCUT2D eigenvalue weighted by Crippen LogP contribution is 2.56. The van der Waals surface area contributed by atoms with Crippen molar-refractivity contribution >= 4 is 15.9 Å². The Kier molecular flexibility index (Phi) is 4.15. The van der Waals surface area contributed by atoms with Gasteiger partial charge in [-0.25, -0.2) is 4.39 Å². The first-order valence-electron chi connectivity index (χ1n) is 8.15. The van der Waals surface area contributed by atoms with Crippen molar-refractivity contribution in [2.45, 2.75) is 45.1 Å². The van der Waals surface area contributed by atoms with Gasteiger partial charge in [-0.2, -0.15) is 0 Å². The fourth-order valence-corrected chi connectivity index (χ4v) is 5.07. The standard InChI is InChI=1S/C18H25BrFNO/c1-17(2)9-6-13-15(20)5-4-14(19)16(13)18(17,22)12-7-10-21(3)11-8-12/h4-5,12,22H,6-11H2,1-3H3. The molecular formula is C18H25BrFNO. The zero-order valence-electron chi connectivity index (χ0n) is 13.6. The van der Waals surface area contributed by atoms with Crippen LogP contribution in [0.3, 0.4) is 0 Å². The van der Waals surface area contributed by atoms with Crippen LogP contribution < -0.4 is 0 Å². The van der Waals surface area contributed by atoms with Crippen molar-refractivity contribution in [2.24, 2.45) is 11.3 Å². The highest BCUT2D eigenvalue weighted by atomic mass is 79.9. The summed E-state index contributed by atoms with van der Waals surface area (Å²) in [5, 5.41) is 11.9. The first-order valence-corrected chi connectivity index (χ1v) is 8.95. The molecule has 0 bridgehead atoms. The Balaban J connectivity index is 2.14. The maximum Gasteiger partial charge on any atom is 0.126 e. The van der Waals surface area contributed by atoms with Gasteiger partial charge in [0.05, 0.1) is 5.60 Å². The lowest BCUT2D eigenvalue weighted by molar-refractivity contribution is -0.143. The molecular weight excluding hydrogens is 345 g/mol. The van der Waals surface area contributed by atoms with Crippen molar-refractivity contribution in [1.29, 1.82) is 0 Å². The SMILES string of the molecule is CN1CCC(C2(O)c3c(Br)ccc(F)c3CCC2(C)C)CC1. The maximum absolute atomic E-state index is 14.3. The molecule has 1 aliphatic carbocycles. The summed E-state index contributed by atoms with van der Waals surface area (Å²) in [4.78, 5) is 2.30. The smallest absolute Gasteiger partial charge is 0.126 e. The minimum Gasteiger partial charge on any atom is -0.384 e. The molecule has 3 rings (SSSR count). The molecule has 0 amide bonds. The molecule has 1 aromatic rings. The van der Waals surface area contributed by atoms with Crippen LogP contribution in [0, 0.1) is 17.2 Å². The fraction of sp³-hybridized carbons (Fsp3) is 0.667. The first kappa shape index (κ1) is 16.4. The van der Waals surface area contributed by atoms with Crippen molar-refractivity contribution in [3.8, 4) is 0 Å². The molecule has 1 N–H and O–H groups in total. The van der Waals surface area contributed by atoms with Crippen molar-refractivity contribution < 1.29 is 9.50 Å². The van der Waals surface area contributed by atoms with Crippen molar-refractivity contribution in [3.05, 3.63) is 33.5 Å². The van der Waals surface area contributed by atoms with Crippen LogP contribution in [0.25, 0.3) is 0 Å². The maximum atomic E-state index is 14.3. The lowest BCUT2D eigenvalue weighted by atomic mass is 9.56. The van der Waals surface area contributed by atoms with Crippen LogP contribution in [0.1, 0.15) is 44.2 Å². The summed E-state index contributed by atoms with van der Waals surface area (Å²) in [5.74, 6) is -0.00379. The van der Waals surface area contributed by atoms with Gasteiger partial charge in [0.2, 0.25) is 0 Å². The van der Waals surface area contributed by atoms with Crippen LogP contribution in [0.4, 0.5) is 4.39 Å². The minimum absolute atomic E-state index is 0.177. The number of hydrogen-bond donors (Lipinski definition) is 1. The van der Waals surface area contributed by atoms with E-state index in [0.717, 1.165) is 42.4 Å². The van der Waals surface area contributed by atoms with E-state index in [-0.39, 0.29) is 17.2 Å². The van der Waals surface area contributed by atoms with E-state index >= 15 is 0 Å². The second-order valence-corrected chi connectivity index (χ2v) is 8.46. The normalized spacial score (nSPS) is 29.4. The third-order valence-electron chi connectivity index (χ3n) is 5.93. The van der Waals surface area contributed by atoms with E-state index in [4.69, 9.17) is 0 Å². The molecule has 22 heavy (non-hydrogen) atoms.